The molecule has 148 valence electrons. The van der Waals surface area contributed by atoms with Crippen molar-refractivity contribution in [3.05, 3.63) is 58.6 Å². The third kappa shape index (κ3) is 5.44. The Morgan fingerprint density at radius 3 is 2.43 bits per heavy atom. The van der Waals surface area contributed by atoms with Gasteiger partial charge in [-0.15, -0.1) is 0 Å². The first-order valence-electron chi connectivity index (χ1n) is 9.32. The number of hydrogen-bond acceptors (Lipinski definition) is 3. The van der Waals surface area contributed by atoms with Crippen molar-refractivity contribution < 1.29 is 4.79 Å². The predicted octanol–water partition coefficient (Wildman–Crippen LogP) is 3.91. The Labute approximate surface area is 176 Å². The molecular formula is C21H25ClN4OS. The Kier molecular flexibility index (Phi) is 6.88. The van der Waals surface area contributed by atoms with Crippen molar-refractivity contribution in [3.8, 4) is 0 Å². The zero-order chi connectivity index (χ0) is 20.1. The van der Waals surface area contributed by atoms with E-state index in [1.54, 1.807) is 12.1 Å². The number of para-hydroxylation sites is 1. The van der Waals surface area contributed by atoms with Crippen molar-refractivity contribution in [3.63, 3.8) is 0 Å². The van der Waals surface area contributed by atoms with Crippen LogP contribution >= 0.6 is 23.8 Å². The molecule has 1 fully saturated rings. The van der Waals surface area contributed by atoms with E-state index in [1.807, 2.05) is 18.2 Å². The molecule has 0 aliphatic carbocycles. The lowest BCUT2D eigenvalue weighted by atomic mass is 10.1. The van der Waals surface area contributed by atoms with E-state index in [-0.39, 0.29) is 5.91 Å². The summed E-state index contributed by atoms with van der Waals surface area (Å²) in [5.74, 6) is -0.0580. The van der Waals surface area contributed by atoms with Crippen molar-refractivity contribution in [2.45, 2.75) is 13.8 Å². The van der Waals surface area contributed by atoms with Crippen LogP contribution in [0.25, 0.3) is 0 Å². The van der Waals surface area contributed by atoms with E-state index in [1.165, 1.54) is 11.1 Å². The van der Waals surface area contributed by atoms with Gasteiger partial charge in [0, 0.05) is 31.9 Å². The van der Waals surface area contributed by atoms with Gasteiger partial charge in [-0.1, -0.05) is 29.8 Å². The summed E-state index contributed by atoms with van der Waals surface area (Å²) >= 11 is 11.7. The second-order valence-corrected chi connectivity index (χ2v) is 7.81. The molecule has 0 spiro atoms. The zero-order valence-electron chi connectivity index (χ0n) is 16.2. The third-order valence-corrected chi connectivity index (χ3v) is 5.62. The number of hydrogen-bond donors (Lipinski definition) is 2. The predicted molar refractivity (Wildman–Crippen MR) is 120 cm³/mol. The Bertz CT molecular complexity index is 865. The molecule has 0 bridgehead atoms. The van der Waals surface area contributed by atoms with Crippen LogP contribution in [-0.2, 0) is 4.79 Å². The van der Waals surface area contributed by atoms with Gasteiger partial charge in [0.05, 0.1) is 17.3 Å². The van der Waals surface area contributed by atoms with Gasteiger partial charge < -0.3 is 15.5 Å². The standard InChI is InChI=1S/C21H25ClN4OS/c1-15-7-8-17(13-16(15)2)23-21(28)26-11-9-25(10-12-26)14-20(27)24-19-6-4-3-5-18(19)22/h3-8,13H,9-12,14H2,1-2H3,(H,23,28)(H,24,27). The fraction of sp³-hybridized carbons (Fsp3) is 0.333. The van der Waals surface area contributed by atoms with Gasteiger partial charge in [0.15, 0.2) is 5.11 Å². The van der Waals surface area contributed by atoms with Crippen LogP contribution in [0.5, 0.6) is 0 Å². The normalized spacial score (nSPS) is 14.6. The highest BCUT2D eigenvalue weighted by atomic mass is 35.5. The topological polar surface area (TPSA) is 47.6 Å². The molecule has 1 aliphatic rings. The molecule has 1 aliphatic heterocycles. The molecule has 1 amide bonds. The van der Waals surface area contributed by atoms with E-state index < -0.39 is 0 Å². The fourth-order valence-corrected chi connectivity index (χ4v) is 3.57. The largest absolute Gasteiger partial charge is 0.346 e. The minimum Gasteiger partial charge on any atom is -0.346 e. The average molecular weight is 417 g/mol. The summed E-state index contributed by atoms with van der Waals surface area (Å²) in [6.45, 7) is 7.67. The quantitative estimate of drug-likeness (QED) is 0.740. The van der Waals surface area contributed by atoms with Crippen LogP contribution in [-0.4, -0.2) is 53.5 Å². The van der Waals surface area contributed by atoms with Crippen LogP contribution in [0.15, 0.2) is 42.5 Å². The number of carbonyl (C=O) groups excluding carboxylic acids is 1. The van der Waals surface area contributed by atoms with E-state index in [0.29, 0.717) is 17.3 Å². The molecule has 2 aromatic carbocycles. The number of piperazine rings is 1. The molecule has 1 saturated heterocycles. The molecule has 0 atom stereocenters. The van der Waals surface area contributed by atoms with E-state index in [9.17, 15) is 4.79 Å². The van der Waals surface area contributed by atoms with Crippen LogP contribution < -0.4 is 10.6 Å². The van der Waals surface area contributed by atoms with Crippen LogP contribution in [0.1, 0.15) is 11.1 Å². The molecule has 0 saturated carbocycles. The summed E-state index contributed by atoms with van der Waals surface area (Å²) in [5, 5.41) is 7.46. The number of amides is 1. The lowest BCUT2D eigenvalue weighted by molar-refractivity contribution is -0.117. The van der Waals surface area contributed by atoms with Crippen molar-refractivity contribution in [1.29, 1.82) is 0 Å². The smallest absolute Gasteiger partial charge is 0.238 e. The number of nitrogens with one attached hydrogen (secondary N) is 2. The molecule has 7 heteroatoms. The first kappa shape index (κ1) is 20.6. The van der Waals surface area contributed by atoms with Crippen molar-refractivity contribution in [2.24, 2.45) is 0 Å². The van der Waals surface area contributed by atoms with Crippen LogP contribution in [0.4, 0.5) is 11.4 Å². The maximum absolute atomic E-state index is 12.3. The van der Waals surface area contributed by atoms with Crippen molar-refractivity contribution in [1.82, 2.24) is 9.80 Å². The number of aryl methyl sites for hydroxylation is 2. The third-order valence-electron chi connectivity index (χ3n) is 4.93. The van der Waals surface area contributed by atoms with Gasteiger partial charge >= 0.3 is 0 Å². The van der Waals surface area contributed by atoms with E-state index in [0.717, 1.165) is 37.0 Å². The van der Waals surface area contributed by atoms with Gasteiger partial charge in [-0.25, -0.2) is 0 Å². The number of nitrogens with zero attached hydrogens (tertiary/aromatic N) is 2. The summed E-state index contributed by atoms with van der Waals surface area (Å²) in [6, 6.07) is 13.5. The second kappa shape index (κ2) is 9.37. The highest BCUT2D eigenvalue weighted by Gasteiger charge is 2.21. The maximum atomic E-state index is 12.3. The average Bonchev–Trinajstić information content (AvgIpc) is 2.67. The molecule has 0 aromatic heterocycles. The maximum Gasteiger partial charge on any atom is 0.238 e. The Balaban J connectivity index is 1.46. The number of benzene rings is 2. The van der Waals surface area contributed by atoms with Gasteiger partial charge in [0.1, 0.15) is 0 Å². The van der Waals surface area contributed by atoms with E-state index in [4.69, 9.17) is 23.8 Å². The molecule has 2 aromatic rings. The van der Waals surface area contributed by atoms with E-state index >= 15 is 0 Å². The van der Waals surface area contributed by atoms with Gasteiger partial charge in [-0.05, 0) is 61.5 Å². The molecule has 5 nitrogen and oxygen atoms in total. The number of halogens is 1. The van der Waals surface area contributed by atoms with Crippen molar-refractivity contribution >= 4 is 46.2 Å². The highest BCUT2D eigenvalue weighted by molar-refractivity contribution is 7.80. The number of anilines is 2. The summed E-state index contributed by atoms with van der Waals surface area (Å²) < 4.78 is 0. The minimum absolute atomic E-state index is 0.0580. The summed E-state index contributed by atoms with van der Waals surface area (Å²) in [5.41, 5.74) is 4.16. The molecule has 0 unspecified atom stereocenters. The summed E-state index contributed by atoms with van der Waals surface area (Å²) in [7, 11) is 0. The molecule has 1 heterocycles. The first-order valence-corrected chi connectivity index (χ1v) is 10.1. The van der Waals surface area contributed by atoms with Crippen molar-refractivity contribution in [2.75, 3.05) is 43.4 Å². The summed E-state index contributed by atoms with van der Waals surface area (Å²) in [4.78, 5) is 16.6. The Morgan fingerprint density at radius 1 is 1.04 bits per heavy atom. The minimum atomic E-state index is -0.0580. The van der Waals surface area contributed by atoms with E-state index in [2.05, 4.69) is 46.4 Å². The fourth-order valence-electron chi connectivity index (χ4n) is 3.09. The van der Waals surface area contributed by atoms with Gasteiger partial charge in [-0.3, -0.25) is 9.69 Å². The SMILES string of the molecule is Cc1ccc(NC(=S)N2CCN(CC(=O)Nc3ccccc3Cl)CC2)cc1C. The molecule has 2 N–H and O–H groups in total. The van der Waals surface area contributed by atoms with Crippen LogP contribution in [0.3, 0.4) is 0 Å². The number of thiocarbonyl (C=S) groups is 1. The first-order chi connectivity index (χ1) is 13.4. The molecule has 28 heavy (non-hydrogen) atoms. The highest BCUT2D eigenvalue weighted by Crippen LogP contribution is 2.20. The van der Waals surface area contributed by atoms with Gasteiger partial charge in [-0.2, -0.15) is 0 Å². The lowest BCUT2D eigenvalue weighted by Crippen LogP contribution is -2.51. The Morgan fingerprint density at radius 2 is 1.75 bits per heavy atom. The zero-order valence-corrected chi connectivity index (χ0v) is 17.7. The Hall–Kier alpha value is -2.15. The lowest BCUT2D eigenvalue weighted by Gasteiger charge is -2.35. The van der Waals surface area contributed by atoms with Crippen LogP contribution in [0, 0.1) is 13.8 Å². The molecular weight excluding hydrogens is 392 g/mol. The summed E-state index contributed by atoms with van der Waals surface area (Å²) in [6.07, 6.45) is 0. The monoisotopic (exact) mass is 416 g/mol. The van der Waals surface area contributed by atoms with Crippen LogP contribution in [0.2, 0.25) is 5.02 Å². The van der Waals surface area contributed by atoms with Gasteiger partial charge in [0.2, 0.25) is 5.91 Å². The number of carbonyl (C=O) groups is 1. The molecule has 3 rings (SSSR count). The van der Waals surface area contributed by atoms with Gasteiger partial charge in [0.25, 0.3) is 0 Å². The molecule has 0 radical (unpaired) electrons. The number of rotatable bonds is 4. The second-order valence-electron chi connectivity index (χ2n) is 7.02.